The fourth-order valence-corrected chi connectivity index (χ4v) is 3.91. The molecule has 7 nitrogen and oxygen atoms in total. The van der Waals surface area contributed by atoms with Gasteiger partial charge in [0.25, 0.3) is 0 Å². The Bertz CT molecular complexity index is 1020. The summed E-state index contributed by atoms with van der Waals surface area (Å²) >= 11 is 1.37. The molecule has 0 fully saturated rings. The molecule has 3 aromatic rings. The molecular formula is C24H29N3O4S. The van der Waals surface area contributed by atoms with Gasteiger partial charge in [-0.2, -0.15) is 0 Å². The van der Waals surface area contributed by atoms with Gasteiger partial charge in [-0.3, -0.25) is 4.79 Å². The second kappa shape index (κ2) is 11.6. The highest BCUT2D eigenvalue weighted by Gasteiger charge is 2.18. The molecule has 3 rings (SSSR count). The monoisotopic (exact) mass is 455 g/mol. The Balaban J connectivity index is 1.72. The fourth-order valence-electron chi connectivity index (χ4n) is 3.05. The predicted molar refractivity (Wildman–Crippen MR) is 125 cm³/mol. The highest BCUT2D eigenvalue weighted by atomic mass is 32.2. The number of ketones is 1. The lowest BCUT2D eigenvalue weighted by atomic mass is 10.1. The Labute approximate surface area is 193 Å². The van der Waals surface area contributed by atoms with Crippen LogP contribution in [0.4, 0.5) is 0 Å². The molecule has 0 aliphatic heterocycles. The van der Waals surface area contributed by atoms with Gasteiger partial charge in [0.1, 0.15) is 23.9 Å². The van der Waals surface area contributed by atoms with Gasteiger partial charge in [0.05, 0.1) is 25.5 Å². The Morgan fingerprint density at radius 2 is 1.81 bits per heavy atom. The van der Waals surface area contributed by atoms with Crippen LogP contribution in [0.5, 0.6) is 17.2 Å². The molecule has 0 radical (unpaired) electrons. The van der Waals surface area contributed by atoms with Gasteiger partial charge in [0.2, 0.25) is 0 Å². The van der Waals surface area contributed by atoms with Crippen molar-refractivity contribution in [3.05, 3.63) is 59.9 Å². The lowest BCUT2D eigenvalue weighted by molar-refractivity contribution is 0.101. The highest BCUT2D eigenvalue weighted by Crippen LogP contribution is 2.27. The second-order valence-corrected chi connectivity index (χ2v) is 8.56. The van der Waals surface area contributed by atoms with Gasteiger partial charge in [0, 0.05) is 12.6 Å². The Hall–Kier alpha value is -3.00. The van der Waals surface area contributed by atoms with E-state index < -0.39 is 0 Å². The number of aromatic nitrogens is 3. The topological polar surface area (TPSA) is 75.5 Å². The summed E-state index contributed by atoms with van der Waals surface area (Å²) < 4.78 is 18.5. The van der Waals surface area contributed by atoms with Crippen molar-refractivity contribution in [1.29, 1.82) is 0 Å². The molecule has 32 heavy (non-hydrogen) atoms. The number of ether oxygens (including phenoxy) is 3. The maximum Gasteiger partial charge on any atom is 0.191 e. The molecule has 170 valence electrons. The van der Waals surface area contributed by atoms with Gasteiger partial charge in [-0.05, 0) is 36.6 Å². The van der Waals surface area contributed by atoms with Crippen LogP contribution >= 0.6 is 11.8 Å². The molecule has 0 saturated carbocycles. The van der Waals surface area contributed by atoms with E-state index in [1.807, 2.05) is 34.9 Å². The molecule has 0 atom stereocenters. The van der Waals surface area contributed by atoms with Crippen molar-refractivity contribution in [3.8, 4) is 17.2 Å². The summed E-state index contributed by atoms with van der Waals surface area (Å²) in [7, 11) is 3.12. The number of carbonyl (C=O) groups excluding carboxylic acids is 1. The number of thioether (sulfide) groups is 1. The van der Waals surface area contributed by atoms with Crippen molar-refractivity contribution in [2.75, 3.05) is 20.0 Å². The number of benzene rings is 2. The molecule has 1 heterocycles. The summed E-state index contributed by atoms with van der Waals surface area (Å²) in [5, 5.41) is 9.37. The quantitative estimate of drug-likeness (QED) is 0.284. The third-order valence-electron chi connectivity index (χ3n) is 4.88. The minimum absolute atomic E-state index is 0.0463. The van der Waals surface area contributed by atoms with E-state index in [2.05, 4.69) is 24.0 Å². The van der Waals surface area contributed by atoms with Crippen LogP contribution in [-0.4, -0.2) is 40.5 Å². The van der Waals surface area contributed by atoms with Crippen molar-refractivity contribution in [1.82, 2.24) is 14.8 Å². The van der Waals surface area contributed by atoms with Gasteiger partial charge in [-0.25, -0.2) is 0 Å². The van der Waals surface area contributed by atoms with Crippen molar-refractivity contribution in [3.63, 3.8) is 0 Å². The summed E-state index contributed by atoms with van der Waals surface area (Å²) in [5.41, 5.74) is 0.515. The van der Waals surface area contributed by atoms with Crippen molar-refractivity contribution in [2.24, 2.45) is 5.92 Å². The lowest BCUT2D eigenvalue weighted by Gasteiger charge is -2.13. The normalized spacial score (nSPS) is 10.9. The van der Waals surface area contributed by atoms with E-state index in [-0.39, 0.29) is 11.5 Å². The number of Topliss-reactive ketones (excluding diaryl/α,β-unsaturated/α-hetero) is 1. The van der Waals surface area contributed by atoms with Crippen LogP contribution in [-0.2, 0) is 13.2 Å². The average molecular weight is 456 g/mol. The van der Waals surface area contributed by atoms with Crippen LogP contribution in [0.2, 0.25) is 0 Å². The van der Waals surface area contributed by atoms with Gasteiger partial charge >= 0.3 is 0 Å². The molecule has 0 aliphatic rings. The van der Waals surface area contributed by atoms with E-state index in [1.54, 1.807) is 32.4 Å². The summed E-state index contributed by atoms with van der Waals surface area (Å²) in [5.74, 6) is 3.37. The first kappa shape index (κ1) is 23.7. The highest BCUT2D eigenvalue weighted by molar-refractivity contribution is 7.99. The van der Waals surface area contributed by atoms with E-state index >= 15 is 0 Å². The molecule has 0 N–H and O–H groups in total. The van der Waals surface area contributed by atoms with E-state index in [4.69, 9.17) is 14.2 Å². The first-order chi connectivity index (χ1) is 15.5. The lowest BCUT2D eigenvalue weighted by Crippen LogP contribution is -2.11. The van der Waals surface area contributed by atoms with E-state index in [9.17, 15) is 4.79 Å². The van der Waals surface area contributed by atoms with Gasteiger partial charge in [0.15, 0.2) is 16.8 Å². The molecule has 1 aromatic heterocycles. The van der Waals surface area contributed by atoms with Crippen LogP contribution in [0.15, 0.2) is 53.7 Å². The fraction of sp³-hybridized carbons (Fsp3) is 0.375. The zero-order chi connectivity index (χ0) is 22.9. The van der Waals surface area contributed by atoms with E-state index in [1.165, 1.54) is 11.8 Å². The third kappa shape index (κ3) is 6.26. The molecule has 0 bridgehead atoms. The standard InChI is InChI=1S/C24H29N3O4S/c1-17(2)12-13-27-23(15-31-18-8-6-5-7-9-18)25-26-24(27)32-16-21(28)20-11-10-19(29-3)14-22(20)30-4/h5-11,14,17H,12-13,15-16H2,1-4H3. The summed E-state index contributed by atoms with van der Waals surface area (Å²) in [6, 6.07) is 14.8. The molecule has 0 aliphatic carbocycles. The van der Waals surface area contributed by atoms with E-state index in [0.717, 1.165) is 24.5 Å². The van der Waals surface area contributed by atoms with Crippen LogP contribution < -0.4 is 14.2 Å². The Kier molecular flexibility index (Phi) is 8.56. The molecule has 0 saturated heterocycles. The summed E-state index contributed by atoms with van der Waals surface area (Å²) in [6.45, 7) is 5.43. The number of hydrogen-bond acceptors (Lipinski definition) is 7. The number of rotatable bonds is 12. The van der Waals surface area contributed by atoms with Crippen LogP contribution in [0.25, 0.3) is 0 Å². The first-order valence-corrected chi connectivity index (χ1v) is 11.5. The molecule has 0 unspecified atom stereocenters. The van der Waals surface area contributed by atoms with Crippen LogP contribution in [0.1, 0.15) is 36.5 Å². The van der Waals surface area contributed by atoms with Crippen LogP contribution in [0.3, 0.4) is 0 Å². The zero-order valence-corrected chi connectivity index (χ0v) is 19.7. The van der Waals surface area contributed by atoms with Gasteiger partial charge in [-0.1, -0.05) is 43.8 Å². The number of carbonyl (C=O) groups is 1. The van der Waals surface area contributed by atoms with Crippen LogP contribution in [0, 0.1) is 5.92 Å². The number of nitrogens with zero attached hydrogens (tertiary/aromatic N) is 3. The Morgan fingerprint density at radius 3 is 2.50 bits per heavy atom. The SMILES string of the molecule is COc1ccc(C(=O)CSc2nnc(COc3ccccc3)n2CCC(C)C)c(OC)c1. The van der Waals surface area contributed by atoms with Gasteiger partial charge in [-0.15, -0.1) is 10.2 Å². The first-order valence-electron chi connectivity index (χ1n) is 10.5. The molecule has 0 spiro atoms. The second-order valence-electron chi connectivity index (χ2n) is 7.61. The molecule has 8 heteroatoms. The van der Waals surface area contributed by atoms with Crippen molar-refractivity contribution < 1.29 is 19.0 Å². The Morgan fingerprint density at radius 1 is 1.03 bits per heavy atom. The van der Waals surface area contributed by atoms with E-state index in [0.29, 0.717) is 34.7 Å². The molecule has 2 aromatic carbocycles. The summed E-state index contributed by atoms with van der Waals surface area (Å²) in [4.78, 5) is 12.9. The smallest absolute Gasteiger partial charge is 0.191 e. The maximum absolute atomic E-state index is 12.9. The largest absolute Gasteiger partial charge is 0.497 e. The number of hydrogen-bond donors (Lipinski definition) is 0. The minimum Gasteiger partial charge on any atom is -0.497 e. The maximum atomic E-state index is 12.9. The summed E-state index contributed by atoms with van der Waals surface area (Å²) in [6.07, 6.45) is 0.976. The number of para-hydroxylation sites is 1. The average Bonchev–Trinajstić information content (AvgIpc) is 3.21. The van der Waals surface area contributed by atoms with Crippen molar-refractivity contribution in [2.45, 2.75) is 38.6 Å². The third-order valence-corrected chi connectivity index (χ3v) is 5.84. The predicted octanol–water partition coefficient (Wildman–Crippen LogP) is 4.90. The zero-order valence-electron chi connectivity index (χ0n) is 18.9. The van der Waals surface area contributed by atoms with Gasteiger partial charge < -0.3 is 18.8 Å². The molecule has 0 amide bonds. The molecular weight excluding hydrogens is 426 g/mol. The number of methoxy groups -OCH3 is 2. The minimum atomic E-state index is -0.0463. The van der Waals surface area contributed by atoms with Crippen molar-refractivity contribution >= 4 is 17.5 Å².